The maximum Gasteiger partial charge on any atom is 0.243 e. The molecule has 0 aliphatic rings. The third-order valence-corrected chi connectivity index (χ3v) is 7.01. The van der Waals surface area contributed by atoms with Gasteiger partial charge in [0.15, 0.2) is 0 Å². The van der Waals surface area contributed by atoms with Gasteiger partial charge in [-0.3, -0.25) is 9.59 Å². The molecule has 0 aliphatic carbocycles. The molecule has 0 spiro atoms. The summed E-state index contributed by atoms with van der Waals surface area (Å²) in [5.41, 5.74) is 3.87. The molecule has 2 amide bonds. The zero-order valence-electron chi connectivity index (χ0n) is 22.5. The van der Waals surface area contributed by atoms with Crippen LogP contribution in [-0.2, 0) is 28.3 Å². The number of ether oxygens (including phenoxy) is 1. The second-order valence-corrected chi connectivity index (χ2v) is 11.2. The van der Waals surface area contributed by atoms with Gasteiger partial charge in [0.1, 0.15) is 11.8 Å². The van der Waals surface area contributed by atoms with E-state index >= 15 is 0 Å². The van der Waals surface area contributed by atoms with Crippen LogP contribution in [0.5, 0.6) is 5.75 Å². The van der Waals surface area contributed by atoms with E-state index in [9.17, 15) is 9.59 Å². The molecule has 1 N–H and O–H groups in total. The van der Waals surface area contributed by atoms with Gasteiger partial charge in [-0.05, 0) is 62.1 Å². The Morgan fingerprint density at radius 1 is 0.919 bits per heavy atom. The zero-order valence-corrected chi connectivity index (χ0v) is 23.3. The van der Waals surface area contributed by atoms with Crippen LogP contribution in [0.3, 0.4) is 0 Å². The lowest BCUT2D eigenvalue weighted by atomic mass is 10.00. The number of carbonyl (C=O) groups excluding carboxylic acids is 2. The van der Waals surface area contributed by atoms with Gasteiger partial charge in [-0.25, -0.2) is 0 Å². The maximum atomic E-state index is 13.8. The van der Waals surface area contributed by atoms with Crippen molar-refractivity contribution in [3.63, 3.8) is 0 Å². The van der Waals surface area contributed by atoms with Gasteiger partial charge in [-0.15, -0.1) is 11.8 Å². The van der Waals surface area contributed by atoms with E-state index in [1.165, 1.54) is 0 Å². The third-order valence-electron chi connectivity index (χ3n) is 6.02. The van der Waals surface area contributed by atoms with Crippen LogP contribution in [0.2, 0.25) is 0 Å². The van der Waals surface area contributed by atoms with Crippen molar-refractivity contribution in [2.24, 2.45) is 0 Å². The number of hydrogen-bond donors (Lipinski definition) is 1. The molecule has 0 fully saturated rings. The molecule has 3 rings (SSSR count). The Labute approximate surface area is 225 Å². The van der Waals surface area contributed by atoms with Crippen molar-refractivity contribution >= 4 is 23.6 Å². The summed E-state index contributed by atoms with van der Waals surface area (Å²) in [5, 5.41) is 3.12. The van der Waals surface area contributed by atoms with Gasteiger partial charge in [-0.2, -0.15) is 0 Å². The highest BCUT2D eigenvalue weighted by Crippen LogP contribution is 2.21. The van der Waals surface area contributed by atoms with E-state index in [1.54, 1.807) is 23.8 Å². The van der Waals surface area contributed by atoms with Crippen LogP contribution in [0.4, 0.5) is 0 Å². The second kappa shape index (κ2) is 13.3. The van der Waals surface area contributed by atoms with Gasteiger partial charge >= 0.3 is 0 Å². The van der Waals surface area contributed by atoms with E-state index in [1.807, 2.05) is 107 Å². The third kappa shape index (κ3) is 8.97. The van der Waals surface area contributed by atoms with Gasteiger partial charge in [0.05, 0.1) is 12.9 Å². The van der Waals surface area contributed by atoms with Crippen LogP contribution in [0.15, 0.2) is 78.9 Å². The minimum absolute atomic E-state index is 0.0493. The van der Waals surface area contributed by atoms with E-state index in [0.29, 0.717) is 18.7 Å². The number of carbonyl (C=O) groups is 2. The number of nitrogens with zero attached hydrogens (tertiary/aromatic N) is 1. The topological polar surface area (TPSA) is 58.6 Å². The monoisotopic (exact) mass is 518 g/mol. The molecule has 5 nitrogen and oxygen atoms in total. The molecular weight excluding hydrogens is 480 g/mol. The molecule has 6 heteroatoms. The van der Waals surface area contributed by atoms with Crippen molar-refractivity contribution < 1.29 is 14.3 Å². The number of methoxy groups -OCH3 is 1. The van der Waals surface area contributed by atoms with Crippen molar-refractivity contribution in [3.05, 3.63) is 101 Å². The molecule has 0 heterocycles. The first-order valence-electron chi connectivity index (χ1n) is 12.6. The molecule has 3 aromatic rings. The highest BCUT2D eigenvalue weighted by molar-refractivity contribution is 7.99. The summed E-state index contributed by atoms with van der Waals surface area (Å²) in [7, 11) is 1.65. The van der Waals surface area contributed by atoms with Crippen LogP contribution in [0.1, 0.15) is 43.0 Å². The Hall–Kier alpha value is -3.25. The SMILES string of the molecule is COc1ccc(CSCC(=O)N(Cc2ccccc2C)[C@@H](Cc2ccccc2)C(=O)NC(C)(C)C)cc1. The Morgan fingerprint density at radius 3 is 2.19 bits per heavy atom. The van der Waals surface area contributed by atoms with Crippen LogP contribution in [-0.4, -0.2) is 41.2 Å². The predicted octanol–water partition coefficient (Wildman–Crippen LogP) is 5.79. The fourth-order valence-electron chi connectivity index (χ4n) is 4.04. The summed E-state index contributed by atoms with van der Waals surface area (Å²) in [5.74, 6) is 1.60. The normalized spacial score (nSPS) is 12.0. The Kier molecular flexibility index (Phi) is 10.2. The van der Waals surface area contributed by atoms with E-state index in [4.69, 9.17) is 4.74 Å². The molecule has 0 bridgehead atoms. The van der Waals surface area contributed by atoms with E-state index < -0.39 is 11.6 Å². The quantitative estimate of drug-likeness (QED) is 0.349. The first-order valence-corrected chi connectivity index (χ1v) is 13.7. The van der Waals surface area contributed by atoms with Crippen LogP contribution in [0.25, 0.3) is 0 Å². The van der Waals surface area contributed by atoms with Crippen molar-refractivity contribution in [1.82, 2.24) is 10.2 Å². The maximum absolute atomic E-state index is 13.8. The lowest BCUT2D eigenvalue weighted by Crippen LogP contribution is -2.54. The summed E-state index contributed by atoms with van der Waals surface area (Å²) < 4.78 is 5.24. The minimum Gasteiger partial charge on any atom is -0.497 e. The largest absolute Gasteiger partial charge is 0.497 e. The molecule has 0 radical (unpaired) electrons. The summed E-state index contributed by atoms with van der Waals surface area (Å²) >= 11 is 1.56. The number of aryl methyl sites for hydroxylation is 1. The second-order valence-electron chi connectivity index (χ2n) is 10.2. The Balaban J connectivity index is 1.85. The first-order chi connectivity index (χ1) is 17.7. The van der Waals surface area contributed by atoms with Crippen molar-refractivity contribution in [2.75, 3.05) is 12.9 Å². The fraction of sp³-hybridized carbons (Fsp3) is 0.355. The van der Waals surface area contributed by atoms with Crippen LogP contribution in [0, 0.1) is 6.92 Å². The van der Waals surface area contributed by atoms with E-state index in [0.717, 1.165) is 28.0 Å². The fourth-order valence-corrected chi connectivity index (χ4v) is 4.91. The zero-order chi connectivity index (χ0) is 26.8. The summed E-state index contributed by atoms with van der Waals surface area (Å²) in [6, 6.07) is 25.2. The molecule has 0 saturated heterocycles. The number of nitrogens with one attached hydrogen (secondary N) is 1. The summed E-state index contributed by atoms with van der Waals surface area (Å²) in [6.45, 7) is 8.30. The molecule has 0 saturated carbocycles. The van der Waals surface area contributed by atoms with Crippen molar-refractivity contribution in [1.29, 1.82) is 0 Å². The van der Waals surface area contributed by atoms with Gasteiger partial charge in [0.25, 0.3) is 0 Å². The number of thioether (sulfide) groups is 1. The molecule has 0 aliphatic heterocycles. The van der Waals surface area contributed by atoms with E-state index in [-0.39, 0.29) is 17.6 Å². The van der Waals surface area contributed by atoms with Crippen molar-refractivity contribution in [2.45, 2.75) is 58.0 Å². The van der Waals surface area contributed by atoms with Gasteiger partial charge in [0.2, 0.25) is 11.8 Å². The molecule has 0 aromatic heterocycles. The average Bonchev–Trinajstić information content (AvgIpc) is 2.87. The lowest BCUT2D eigenvalue weighted by molar-refractivity contribution is -0.140. The standard InChI is InChI=1S/C31H38N2O3S/c1-23-11-9-10-14-26(23)20-33(29(34)22-37-21-25-15-17-27(36-5)18-16-25)28(30(35)32-31(2,3)4)19-24-12-7-6-8-13-24/h6-18,28H,19-22H2,1-5H3,(H,32,35)/t28-/m0/s1. The molecule has 196 valence electrons. The Morgan fingerprint density at radius 2 is 1.57 bits per heavy atom. The Bertz CT molecular complexity index is 1160. The average molecular weight is 519 g/mol. The molecule has 1 atom stereocenters. The molecule has 3 aromatic carbocycles. The molecule has 37 heavy (non-hydrogen) atoms. The highest BCUT2D eigenvalue weighted by Gasteiger charge is 2.32. The molecule has 0 unspecified atom stereocenters. The smallest absolute Gasteiger partial charge is 0.243 e. The highest BCUT2D eigenvalue weighted by atomic mass is 32.2. The number of benzene rings is 3. The minimum atomic E-state index is -0.629. The lowest BCUT2D eigenvalue weighted by Gasteiger charge is -2.34. The van der Waals surface area contributed by atoms with Crippen LogP contribution >= 0.6 is 11.8 Å². The number of amides is 2. The van der Waals surface area contributed by atoms with Gasteiger partial charge in [0, 0.05) is 24.3 Å². The molecular formula is C31H38N2O3S. The summed E-state index contributed by atoms with van der Waals surface area (Å²) in [4.78, 5) is 29.1. The van der Waals surface area contributed by atoms with Crippen LogP contribution < -0.4 is 10.1 Å². The number of hydrogen-bond acceptors (Lipinski definition) is 4. The van der Waals surface area contributed by atoms with Gasteiger partial charge < -0.3 is 15.0 Å². The van der Waals surface area contributed by atoms with Gasteiger partial charge in [-0.1, -0.05) is 66.7 Å². The van der Waals surface area contributed by atoms with Crippen molar-refractivity contribution in [3.8, 4) is 5.75 Å². The predicted molar refractivity (Wildman–Crippen MR) is 153 cm³/mol. The van der Waals surface area contributed by atoms with E-state index in [2.05, 4.69) is 5.32 Å². The summed E-state index contributed by atoms with van der Waals surface area (Å²) in [6.07, 6.45) is 0.448. The first kappa shape index (κ1) is 28.3. The number of rotatable bonds is 11.